The second-order valence-corrected chi connectivity index (χ2v) is 8.80. The van der Waals surface area contributed by atoms with Gasteiger partial charge in [0.05, 0.1) is 0 Å². The molecule has 1 rings (SSSR count). The molecule has 0 aliphatic rings. The molecule has 6 N–H and O–H groups in total. The first kappa shape index (κ1) is 28.0. The summed E-state index contributed by atoms with van der Waals surface area (Å²) >= 11 is 0. The van der Waals surface area contributed by atoms with E-state index in [-0.39, 0.29) is 23.8 Å². The van der Waals surface area contributed by atoms with Crippen LogP contribution in [0.25, 0.3) is 0 Å². The topological polar surface area (TPSA) is 151 Å². The summed E-state index contributed by atoms with van der Waals surface area (Å²) < 4.78 is 30.2. The van der Waals surface area contributed by atoms with Gasteiger partial charge in [-0.05, 0) is 51.3 Å². The van der Waals surface area contributed by atoms with Crippen molar-refractivity contribution in [3.8, 4) is 5.75 Å². The second kappa shape index (κ2) is 14.9. The Morgan fingerprint density at radius 1 is 1.06 bits per heavy atom. The van der Waals surface area contributed by atoms with Gasteiger partial charge in [0.1, 0.15) is 5.75 Å². The lowest BCUT2D eigenvalue weighted by atomic mass is 10.1. The molecule has 0 fully saturated rings. The highest BCUT2D eigenvalue weighted by Gasteiger charge is 2.26. The van der Waals surface area contributed by atoms with Gasteiger partial charge in [-0.3, -0.25) is 19.4 Å². The Morgan fingerprint density at radius 2 is 1.69 bits per heavy atom. The van der Waals surface area contributed by atoms with E-state index in [9.17, 15) is 18.5 Å². The van der Waals surface area contributed by atoms with Crippen LogP contribution in [0.1, 0.15) is 68.7 Å². The highest BCUT2D eigenvalue weighted by molar-refractivity contribution is 7.46. The maximum Gasteiger partial charge on any atom is 0.524 e. The summed E-state index contributed by atoms with van der Waals surface area (Å²) in [7, 11) is -4.88. The largest absolute Gasteiger partial charge is 0.524 e. The zero-order chi connectivity index (χ0) is 24.0. The fourth-order valence-corrected chi connectivity index (χ4v) is 3.47. The van der Waals surface area contributed by atoms with Gasteiger partial charge in [0.25, 0.3) is 5.91 Å². The maximum absolute atomic E-state index is 14.6. The van der Waals surface area contributed by atoms with Crippen molar-refractivity contribution >= 4 is 19.6 Å². The van der Waals surface area contributed by atoms with Crippen molar-refractivity contribution in [2.45, 2.75) is 64.5 Å². The Bertz CT molecular complexity index is 774. The summed E-state index contributed by atoms with van der Waals surface area (Å²) in [5.41, 5.74) is 5.80. The normalized spacial score (nSPS) is 12.3. The van der Waals surface area contributed by atoms with Crippen molar-refractivity contribution in [2.75, 3.05) is 19.6 Å². The molecule has 9 nitrogen and oxygen atoms in total. The van der Waals surface area contributed by atoms with E-state index >= 15 is 0 Å². The fraction of sp³-hybridized carbons (Fsp3) is 0.619. The predicted octanol–water partition coefficient (Wildman–Crippen LogP) is 2.79. The molecule has 182 valence electrons. The quantitative estimate of drug-likeness (QED) is 0.182. The highest BCUT2D eigenvalue weighted by atomic mass is 31.2. The Balaban J connectivity index is 2.27. The molecule has 0 saturated heterocycles. The van der Waals surface area contributed by atoms with Gasteiger partial charge < -0.3 is 20.9 Å². The number of nitrogens with two attached hydrogens (primary N) is 1. The third-order valence-electron chi connectivity index (χ3n) is 4.72. The lowest BCUT2D eigenvalue weighted by Gasteiger charge is -2.15. The van der Waals surface area contributed by atoms with Crippen LogP contribution in [-0.4, -0.2) is 41.2 Å². The number of amides is 2. The SMILES string of the molecule is Cc1ccc(OP(=O)(O)O)c(C(F)C(=O)NCCCCCCNC(=O)CCCCCN)c1. The number of unbranched alkanes of at least 4 members (excludes halogenated alkanes) is 5. The first-order valence-electron chi connectivity index (χ1n) is 10.9. The number of halogens is 1. The average molecular weight is 475 g/mol. The summed E-state index contributed by atoms with van der Waals surface area (Å²) in [6, 6.07) is 4.05. The first-order valence-corrected chi connectivity index (χ1v) is 12.4. The summed E-state index contributed by atoms with van der Waals surface area (Å²) in [6.07, 6.45) is 4.26. The van der Waals surface area contributed by atoms with Crippen molar-refractivity contribution < 1.29 is 32.9 Å². The van der Waals surface area contributed by atoms with Crippen LogP contribution in [-0.2, 0) is 14.2 Å². The summed E-state index contributed by atoms with van der Waals surface area (Å²) in [5, 5.41) is 5.36. The predicted molar refractivity (Wildman–Crippen MR) is 120 cm³/mol. The maximum atomic E-state index is 14.6. The van der Waals surface area contributed by atoms with E-state index < -0.39 is 19.9 Å². The number of benzene rings is 1. The van der Waals surface area contributed by atoms with Crippen molar-refractivity contribution in [3.05, 3.63) is 29.3 Å². The smallest absolute Gasteiger partial charge is 0.404 e. The molecule has 1 unspecified atom stereocenters. The lowest BCUT2D eigenvalue weighted by molar-refractivity contribution is -0.126. The van der Waals surface area contributed by atoms with Crippen molar-refractivity contribution in [2.24, 2.45) is 5.73 Å². The summed E-state index contributed by atoms with van der Waals surface area (Å²) in [4.78, 5) is 41.7. The molecule has 0 bridgehead atoms. The number of phosphoric acid groups is 1. The number of aryl methyl sites for hydroxylation is 1. The number of carbonyl (C=O) groups is 2. The molecule has 0 aliphatic heterocycles. The van der Waals surface area contributed by atoms with E-state index in [2.05, 4.69) is 15.2 Å². The second-order valence-electron chi connectivity index (χ2n) is 7.64. The van der Waals surface area contributed by atoms with E-state index in [1.54, 1.807) is 6.92 Å². The van der Waals surface area contributed by atoms with Crippen LogP contribution in [0.2, 0.25) is 0 Å². The molecule has 1 aromatic rings. The molecule has 0 radical (unpaired) electrons. The van der Waals surface area contributed by atoms with E-state index in [1.165, 1.54) is 18.2 Å². The molecule has 0 aliphatic carbocycles. The number of hydrogen-bond donors (Lipinski definition) is 5. The van der Waals surface area contributed by atoms with Crippen molar-refractivity contribution in [3.63, 3.8) is 0 Å². The number of nitrogens with one attached hydrogen (secondary N) is 2. The summed E-state index contributed by atoms with van der Waals surface area (Å²) in [5.74, 6) is -1.22. The molecular weight excluding hydrogens is 440 g/mol. The van der Waals surface area contributed by atoms with Gasteiger partial charge >= 0.3 is 7.82 Å². The molecule has 2 amide bonds. The van der Waals surface area contributed by atoms with Crippen LogP contribution >= 0.6 is 7.82 Å². The average Bonchev–Trinajstić information content (AvgIpc) is 2.72. The van der Waals surface area contributed by atoms with Crippen LogP contribution in [0.4, 0.5) is 4.39 Å². The van der Waals surface area contributed by atoms with Gasteiger partial charge in [0.15, 0.2) is 0 Å². The number of hydrogen-bond acceptors (Lipinski definition) is 5. The fourth-order valence-electron chi connectivity index (χ4n) is 3.05. The first-order chi connectivity index (χ1) is 15.1. The van der Waals surface area contributed by atoms with Crippen molar-refractivity contribution in [1.29, 1.82) is 0 Å². The Kier molecular flexibility index (Phi) is 13.1. The summed E-state index contributed by atoms with van der Waals surface area (Å²) in [6.45, 7) is 3.18. The van der Waals surface area contributed by atoms with E-state index in [0.717, 1.165) is 38.5 Å². The minimum Gasteiger partial charge on any atom is -0.404 e. The highest BCUT2D eigenvalue weighted by Crippen LogP contribution is 2.41. The van der Waals surface area contributed by atoms with E-state index in [0.29, 0.717) is 31.5 Å². The van der Waals surface area contributed by atoms with Crippen LogP contribution < -0.4 is 20.9 Å². The molecular formula is C21H35FN3O6P. The van der Waals surface area contributed by atoms with Gasteiger partial charge in [-0.1, -0.05) is 30.9 Å². The van der Waals surface area contributed by atoms with Crippen molar-refractivity contribution in [1.82, 2.24) is 10.6 Å². The van der Waals surface area contributed by atoms with Gasteiger partial charge in [0, 0.05) is 25.1 Å². The molecule has 1 aromatic carbocycles. The van der Waals surface area contributed by atoms with Crippen LogP contribution in [0.15, 0.2) is 18.2 Å². The van der Waals surface area contributed by atoms with Gasteiger partial charge in [-0.2, -0.15) is 0 Å². The van der Waals surface area contributed by atoms with E-state index in [4.69, 9.17) is 15.5 Å². The van der Waals surface area contributed by atoms with Gasteiger partial charge in [-0.25, -0.2) is 8.96 Å². The minimum absolute atomic E-state index is 0.0431. The Hall–Kier alpha value is -2.00. The molecule has 11 heteroatoms. The zero-order valence-electron chi connectivity index (χ0n) is 18.5. The number of phosphoric ester groups is 1. The van der Waals surface area contributed by atoms with E-state index in [1.807, 2.05) is 0 Å². The minimum atomic E-state index is -4.88. The van der Waals surface area contributed by atoms with Crippen LogP contribution in [0, 0.1) is 6.92 Å². The third-order valence-corrected chi connectivity index (χ3v) is 5.15. The molecule has 1 atom stereocenters. The number of carbonyl (C=O) groups excluding carboxylic acids is 2. The van der Waals surface area contributed by atoms with Crippen LogP contribution in [0.3, 0.4) is 0 Å². The molecule has 0 aromatic heterocycles. The zero-order valence-corrected chi connectivity index (χ0v) is 19.4. The molecule has 0 spiro atoms. The van der Waals surface area contributed by atoms with Gasteiger partial charge in [-0.15, -0.1) is 0 Å². The standard InChI is InChI=1S/C21H35FN3O6P/c1-16-10-11-18(31-32(28,29)30)17(15-16)20(22)21(27)25-14-8-3-2-7-13-24-19(26)9-5-4-6-12-23/h10-11,15,20H,2-9,12-14,23H2,1H3,(H,24,26)(H,25,27)(H2,28,29,30). The third kappa shape index (κ3) is 12.1. The molecule has 32 heavy (non-hydrogen) atoms. The monoisotopic (exact) mass is 475 g/mol. The van der Waals surface area contributed by atoms with Crippen LogP contribution in [0.5, 0.6) is 5.75 Å². The number of rotatable bonds is 16. The molecule has 0 saturated carbocycles. The lowest BCUT2D eigenvalue weighted by Crippen LogP contribution is -2.28. The number of alkyl halides is 1. The Labute approximate surface area is 188 Å². The van der Waals surface area contributed by atoms with Gasteiger partial charge in [0.2, 0.25) is 12.1 Å². The molecule has 0 heterocycles. The Morgan fingerprint density at radius 3 is 2.31 bits per heavy atom.